The van der Waals surface area contributed by atoms with Gasteiger partial charge in [-0.3, -0.25) is 0 Å². The first-order valence-corrected chi connectivity index (χ1v) is 9.78. The number of ether oxygens (including phenoxy) is 2. The average Bonchev–Trinajstić information content (AvgIpc) is 2.97. The van der Waals surface area contributed by atoms with E-state index in [1.54, 1.807) is 18.2 Å². The maximum Gasteiger partial charge on any atom is 0.243 e. The van der Waals surface area contributed by atoms with Crippen LogP contribution in [-0.4, -0.2) is 32.5 Å². The Hall–Kier alpha value is -1.28. The molecule has 0 amide bonds. The number of sulfonamides is 1. The Bertz CT molecular complexity index is 804. The van der Waals surface area contributed by atoms with Gasteiger partial charge in [-0.1, -0.05) is 18.5 Å². The Balaban J connectivity index is 1.89. The molecular weight excluding hydrogens is 358 g/mol. The first-order chi connectivity index (χ1) is 11.0. The van der Waals surface area contributed by atoms with Crippen molar-refractivity contribution in [3.8, 4) is 11.5 Å². The molecule has 0 bridgehead atoms. The predicted octanol–water partition coefficient (Wildman–Crippen LogP) is 3.38. The maximum absolute atomic E-state index is 12.9. The van der Waals surface area contributed by atoms with E-state index in [0.717, 1.165) is 4.88 Å². The molecule has 0 spiro atoms. The number of fused-ring (bicyclic) bond motifs is 1. The molecule has 1 aromatic carbocycles. The van der Waals surface area contributed by atoms with Crippen LogP contribution in [0.1, 0.15) is 11.8 Å². The fraction of sp³-hybridized carbons (Fsp3) is 0.333. The zero-order valence-electron chi connectivity index (χ0n) is 12.5. The molecule has 0 aliphatic carbocycles. The quantitative estimate of drug-likeness (QED) is 0.806. The van der Waals surface area contributed by atoms with Gasteiger partial charge in [-0.25, -0.2) is 8.42 Å². The van der Waals surface area contributed by atoms with Gasteiger partial charge in [-0.05, 0) is 24.3 Å². The lowest BCUT2D eigenvalue weighted by atomic mass is 10.3. The summed E-state index contributed by atoms with van der Waals surface area (Å²) in [5.41, 5.74) is 0. The Morgan fingerprint density at radius 3 is 2.57 bits per heavy atom. The number of hydrogen-bond donors (Lipinski definition) is 0. The summed E-state index contributed by atoms with van der Waals surface area (Å²) in [5, 5.41) is 0. The van der Waals surface area contributed by atoms with E-state index in [9.17, 15) is 8.42 Å². The van der Waals surface area contributed by atoms with Crippen molar-refractivity contribution in [2.45, 2.75) is 18.4 Å². The number of nitrogens with zero attached hydrogens (tertiary/aromatic N) is 1. The minimum absolute atomic E-state index is 0.200. The van der Waals surface area contributed by atoms with Crippen LogP contribution >= 0.6 is 22.9 Å². The lowest BCUT2D eigenvalue weighted by Crippen LogP contribution is -2.30. The van der Waals surface area contributed by atoms with Gasteiger partial charge < -0.3 is 9.47 Å². The summed E-state index contributed by atoms with van der Waals surface area (Å²) in [4.78, 5) is 1.10. The molecule has 0 radical (unpaired) electrons. The first kappa shape index (κ1) is 16.6. The Morgan fingerprint density at radius 1 is 1.17 bits per heavy atom. The summed E-state index contributed by atoms with van der Waals surface area (Å²) in [7, 11) is -3.61. The first-order valence-electron chi connectivity index (χ1n) is 7.14. The second kappa shape index (κ2) is 6.68. The molecule has 5 nitrogen and oxygen atoms in total. The SMILES string of the molecule is CCN(Cc1ccc(Cl)s1)S(=O)(=O)c1ccc2c(c1)OCCO2. The maximum atomic E-state index is 12.9. The van der Waals surface area contributed by atoms with E-state index in [-0.39, 0.29) is 4.90 Å². The van der Waals surface area contributed by atoms with Crippen LogP contribution in [0.25, 0.3) is 0 Å². The van der Waals surface area contributed by atoms with Crippen molar-refractivity contribution < 1.29 is 17.9 Å². The standard InChI is InChI=1S/C15H16ClNO4S2/c1-2-17(10-11-3-6-15(16)22-11)23(18,19)12-4-5-13-14(9-12)21-8-7-20-13/h3-6,9H,2,7-8,10H2,1H3. The van der Waals surface area contributed by atoms with Crippen molar-refractivity contribution >= 4 is 33.0 Å². The molecule has 23 heavy (non-hydrogen) atoms. The van der Waals surface area contributed by atoms with E-state index >= 15 is 0 Å². The van der Waals surface area contributed by atoms with Gasteiger partial charge in [0.25, 0.3) is 0 Å². The van der Waals surface area contributed by atoms with Crippen LogP contribution in [0.4, 0.5) is 0 Å². The van der Waals surface area contributed by atoms with Gasteiger partial charge in [0.15, 0.2) is 11.5 Å². The summed E-state index contributed by atoms with van der Waals surface area (Å²) in [6.07, 6.45) is 0. The van der Waals surface area contributed by atoms with E-state index in [2.05, 4.69) is 0 Å². The van der Waals surface area contributed by atoms with Crippen molar-refractivity contribution in [1.29, 1.82) is 0 Å². The highest BCUT2D eigenvalue weighted by Crippen LogP contribution is 2.33. The molecule has 0 N–H and O–H groups in total. The van der Waals surface area contributed by atoms with Crippen LogP contribution < -0.4 is 9.47 Å². The molecule has 8 heteroatoms. The second-order valence-electron chi connectivity index (χ2n) is 4.94. The van der Waals surface area contributed by atoms with E-state index in [1.807, 2.05) is 13.0 Å². The van der Waals surface area contributed by atoms with Gasteiger partial charge in [0, 0.05) is 24.0 Å². The second-order valence-corrected chi connectivity index (χ2v) is 8.68. The average molecular weight is 374 g/mol. The minimum atomic E-state index is -3.61. The lowest BCUT2D eigenvalue weighted by Gasteiger charge is -2.22. The Kier molecular flexibility index (Phi) is 4.82. The molecule has 2 heterocycles. The molecule has 3 rings (SSSR count). The highest BCUT2D eigenvalue weighted by atomic mass is 35.5. The summed E-state index contributed by atoms with van der Waals surface area (Å²) in [6, 6.07) is 8.32. The molecule has 0 saturated heterocycles. The smallest absolute Gasteiger partial charge is 0.243 e. The number of hydrogen-bond acceptors (Lipinski definition) is 5. The van der Waals surface area contributed by atoms with E-state index < -0.39 is 10.0 Å². The van der Waals surface area contributed by atoms with Gasteiger partial charge >= 0.3 is 0 Å². The molecule has 0 atom stereocenters. The third-order valence-corrected chi connectivity index (χ3v) is 6.60. The number of thiophene rings is 1. The van der Waals surface area contributed by atoms with E-state index in [0.29, 0.717) is 42.1 Å². The zero-order valence-corrected chi connectivity index (χ0v) is 14.9. The molecule has 0 unspecified atom stereocenters. The molecule has 0 fully saturated rings. The predicted molar refractivity (Wildman–Crippen MR) is 90.0 cm³/mol. The van der Waals surface area contributed by atoms with Gasteiger partial charge in [-0.2, -0.15) is 4.31 Å². The molecular formula is C15H16ClNO4S2. The third kappa shape index (κ3) is 3.47. The lowest BCUT2D eigenvalue weighted by molar-refractivity contribution is 0.171. The van der Waals surface area contributed by atoms with E-state index in [4.69, 9.17) is 21.1 Å². The van der Waals surface area contributed by atoms with Crippen LogP contribution in [-0.2, 0) is 16.6 Å². The van der Waals surface area contributed by atoms with Crippen molar-refractivity contribution in [3.05, 3.63) is 39.5 Å². The van der Waals surface area contributed by atoms with Gasteiger partial charge in [0.05, 0.1) is 9.23 Å². The van der Waals surface area contributed by atoms with Crippen molar-refractivity contribution in [2.24, 2.45) is 0 Å². The highest BCUT2D eigenvalue weighted by Gasteiger charge is 2.26. The van der Waals surface area contributed by atoms with Crippen LogP contribution in [0.15, 0.2) is 35.2 Å². The zero-order chi connectivity index (χ0) is 16.4. The summed E-state index contributed by atoms with van der Waals surface area (Å²) in [6.45, 7) is 3.36. The molecule has 124 valence electrons. The largest absolute Gasteiger partial charge is 0.486 e. The minimum Gasteiger partial charge on any atom is -0.486 e. The monoisotopic (exact) mass is 373 g/mol. The van der Waals surface area contributed by atoms with Crippen LogP contribution in [0.5, 0.6) is 11.5 Å². The number of rotatable bonds is 5. The van der Waals surface area contributed by atoms with Gasteiger partial charge in [0.1, 0.15) is 13.2 Å². The van der Waals surface area contributed by atoms with Crippen molar-refractivity contribution in [3.63, 3.8) is 0 Å². The summed E-state index contributed by atoms with van der Waals surface area (Å²) >= 11 is 7.30. The fourth-order valence-electron chi connectivity index (χ4n) is 2.31. The van der Waals surface area contributed by atoms with Crippen LogP contribution in [0.2, 0.25) is 4.34 Å². The van der Waals surface area contributed by atoms with Crippen LogP contribution in [0, 0.1) is 0 Å². The van der Waals surface area contributed by atoms with Gasteiger partial charge in [-0.15, -0.1) is 11.3 Å². The highest BCUT2D eigenvalue weighted by molar-refractivity contribution is 7.89. The molecule has 0 saturated carbocycles. The van der Waals surface area contributed by atoms with Crippen molar-refractivity contribution in [1.82, 2.24) is 4.31 Å². The number of benzene rings is 1. The fourth-order valence-corrected chi connectivity index (χ4v) is 4.94. The Morgan fingerprint density at radius 2 is 1.91 bits per heavy atom. The van der Waals surface area contributed by atoms with Crippen LogP contribution in [0.3, 0.4) is 0 Å². The molecule has 1 aliphatic rings. The summed E-state index contributed by atoms with van der Waals surface area (Å²) in [5.74, 6) is 1.04. The topological polar surface area (TPSA) is 55.8 Å². The number of halogens is 1. The van der Waals surface area contributed by atoms with E-state index in [1.165, 1.54) is 21.7 Å². The Labute approximate surface area is 144 Å². The molecule has 2 aromatic rings. The third-order valence-electron chi connectivity index (χ3n) is 3.47. The normalized spacial score (nSPS) is 14.2. The summed E-state index contributed by atoms with van der Waals surface area (Å²) < 4.78 is 38.7. The van der Waals surface area contributed by atoms with Gasteiger partial charge in [0.2, 0.25) is 10.0 Å². The van der Waals surface area contributed by atoms with Crippen molar-refractivity contribution in [2.75, 3.05) is 19.8 Å². The molecule has 1 aliphatic heterocycles. The molecule has 1 aromatic heterocycles.